The summed E-state index contributed by atoms with van der Waals surface area (Å²) in [6.07, 6.45) is 1.43. The van der Waals surface area contributed by atoms with E-state index in [1.54, 1.807) is 0 Å². The van der Waals surface area contributed by atoms with Crippen LogP contribution in [0.2, 0.25) is 4.34 Å². The SMILES string of the molecule is CC.N=c1sc(Cl)cn1CC(=O)O. The van der Waals surface area contributed by atoms with Crippen molar-refractivity contribution in [1.29, 1.82) is 5.41 Å². The number of hydrogen-bond donors (Lipinski definition) is 2. The number of rotatable bonds is 2. The van der Waals surface area contributed by atoms with Gasteiger partial charge in [0, 0.05) is 6.20 Å². The molecule has 1 heterocycles. The van der Waals surface area contributed by atoms with Gasteiger partial charge in [-0.05, 0) is 0 Å². The summed E-state index contributed by atoms with van der Waals surface area (Å²) in [6, 6.07) is 0. The summed E-state index contributed by atoms with van der Waals surface area (Å²) in [5.41, 5.74) is 0. The van der Waals surface area contributed by atoms with Crippen molar-refractivity contribution in [2.24, 2.45) is 0 Å². The highest BCUT2D eigenvalue weighted by Crippen LogP contribution is 2.09. The molecule has 1 aromatic rings. The molecule has 0 unspecified atom stereocenters. The van der Waals surface area contributed by atoms with E-state index in [0.717, 1.165) is 11.3 Å². The van der Waals surface area contributed by atoms with E-state index in [4.69, 9.17) is 22.1 Å². The van der Waals surface area contributed by atoms with Gasteiger partial charge in [-0.15, -0.1) is 0 Å². The lowest BCUT2D eigenvalue weighted by Crippen LogP contribution is -2.17. The van der Waals surface area contributed by atoms with Crippen molar-refractivity contribution in [3.05, 3.63) is 15.3 Å². The van der Waals surface area contributed by atoms with Gasteiger partial charge in [0.2, 0.25) is 0 Å². The monoisotopic (exact) mass is 222 g/mol. The van der Waals surface area contributed by atoms with Crippen LogP contribution >= 0.6 is 22.9 Å². The number of aromatic nitrogens is 1. The molecule has 0 aliphatic rings. The number of nitrogens with zero attached hydrogens (tertiary/aromatic N) is 1. The van der Waals surface area contributed by atoms with Crippen molar-refractivity contribution in [2.45, 2.75) is 20.4 Å². The molecule has 0 bridgehead atoms. The summed E-state index contributed by atoms with van der Waals surface area (Å²) >= 11 is 6.58. The maximum atomic E-state index is 10.2. The van der Waals surface area contributed by atoms with E-state index in [1.165, 1.54) is 10.8 Å². The first-order valence-electron chi connectivity index (χ1n) is 3.72. The fourth-order valence-corrected chi connectivity index (χ4v) is 1.56. The first kappa shape index (κ1) is 12.2. The van der Waals surface area contributed by atoms with Crippen LogP contribution in [-0.2, 0) is 11.3 Å². The van der Waals surface area contributed by atoms with Crippen LogP contribution in [0.4, 0.5) is 0 Å². The topological polar surface area (TPSA) is 66.1 Å². The van der Waals surface area contributed by atoms with Gasteiger partial charge in [-0.1, -0.05) is 36.8 Å². The van der Waals surface area contributed by atoms with Gasteiger partial charge in [-0.3, -0.25) is 10.2 Å². The third kappa shape index (κ3) is 4.10. The number of nitrogens with one attached hydrogen (secondary N) is 1. The van der Waals surface area contributed by atoms with E-state index >= 15 is 0 Å². The van der Waals surface area contributed by atoms with Crippen molar-refractivity contribution in [3.8, 4) is 0 Å². The zero-order chi connectivity index (χ0) is 10.4. The van der Waals surface area contributed by atoms with Gasteiger partial charge >= 0.3 is 5.97 Å². The zero-order valence-electron chi connectivity index (χ0n) is 7.37. The van der Waals surface area contributed by atoms with E-state index in [2.05, 4.69) is 0 Å². The van der Waals surface area contributed by atoms with Crippen LogP contribution in [0.3, 0.4) is 0 Å². The van der Waals surface area contributed by atoms with E-state index in [-0.39, 0.29) is 11.3 Å². The minimum absolute atomic E-state index is 0.150. The number of thiazole rings is 1. The molecule has 13 heavy (non-hydrogen) atoms. The summed E-state index contributed by atoms with van der Waals surface area (Å²) in [7, 11) is 0. The lowest BCUT2D eigenvalue weighted by Gasteiger charge is -1.93. The molecule has 0 aliphatic heterocycles. The second kappa shape index (κ2) is 5.77. The molecule has 4 nitrogen and oxygen atoms in total. The minimum atomic E-state index is -0.974. The number of carboxylic acids is 1. The highest BCUT2D eigenvalue weighted by atomic mass is 35.5. The van der Waals surface area contributed by atoms with E-state index < -0.39 is 5.97 Å². The summed E-state index contributed by atoms with van der Waals surface area (Å²) in [4.78, 5) is 10.3. The number of hydrogen-bond acceptors (Lipinski definition) is 3. The molecule has 0 amide bonds. The fraction of sp³-hybridized carbons (Fsp3) is 0.429. The van der Waals surface area contributed by atoms with Gasteiger partial charge in [0.1, 0.15) is 10.9 Å². The van der Waals surface area contributed by atoms with Gasteiger partial charge in [0.25, 0.3) is 0 Å². The van der Waals surface area contributed by atoms with E-state index in [0.29, 0.717) is 4.34 Å². The molecule has 0 spiro atoms. The average molecular weight is 223 g/mol. The molecule has 1 rings (SSSR count). The van der Waals surface area contributed by atoms with Gasteiger partial charge in [-0.2, -0.15) is 0 Å². The number of halogens is 1. The van der Waals surface area contributed by atoms with Crippen LogP contribution in [0.5, 0.6) is 0 Å². The molecule has 0 atom stereocenters. The summed E-state index contributed by atoms with van der Waals surface area (Å²) in [6.45, 7) is 3.79. The van der Waals surface area contributed by atoms with Gasteiger partial charge < -0.3 is 9.67 Å². The molecule has 0 aromatic carbocycles. The average Bonchev–Trinajstić information content (AvgIpc) is 2.33. The maximum Gasteiger partial charge on any atom is 0.323 e. The van der Waals surface area contributed by atoms with Crippen molar-refractivity contribution < 1.29 is 9.90 Å². The summed E-state index contributed by atoms with van der Waals surface area (Å²) < 4.78 is 1.70. The molecule has 0 radical (unpaired) electrons. The maximum absolute atomic E-state index is 10.2. The molecular weight excluding hydrogens is 212 g/mol. The molecule has 6 heteroatoms. The predicted octanol–water partition coefficient (Wildman–Crippen LogP) is 1.79. The fourth-order valence-electron chi connectivity index (χ4n) is 0.622. The summed E-state index contributed by atoms with van der Waals surface area (Å²) in [5.74, 6) is -0.974. The Balaban J connectivity index is 0.000000671. The van der Waals surface area contributed by atoms with Crippen molar-refractivity contribution in [1.82, 2.24) is 4.57 Å². The van der Waals surface area contributed by atoms with Crippen molar-refractivity contribution in [2.75, 3.05) is 0 Å². The second-order valence-corrected chi connectivity index (χ2v) is 3.52. The quantitative estimate of drug-likeness (QED) is 0.801. The largest absolute Gasteiger partial charge is 0.480 e. The lowest BCUT2D eigenvalue weighted by molar-refractivity contribution is -0.137. The van der Waals surface area contributed by atoms with Crippen LogP contribution in [0, 0.1) is 5.41 Å². The van der Waals surface area contributed by atoms with Crippen LogP contribution < -0.4 is 4.80 Å². The van der Waals surface area contributed by atoms with Crippen LogP contribution in [0.25, 0.3) is 0 Å². The Kier molecular flexibility index (Phi) is 5.41. The Morgan fingerprint density at radius 2 is 2.31 bits per heavy atom. The normalized spacial score (nSPS) is 8.85. The smallest absolute Gasteiger partial charge is 0.323 e. The Bertz CT molecular complexity index is 331. The number of aliphatic carboxylic acids is 1. The zero-order valence-corrected chi connectivity index (χ0v) is 8.95. The molecule has 0 fully saturated rings. The first-order chi connectivity index (χ1) is 6.09. The molecular formula is C7H11ClN2O2S. The molecule has 2 N–H and O–H groups in total. The number of carbonyl (C=O) groups is 1. The van der Waals surface area contributed by atoms with Crippen LogP contribution in [0.15, 0.2) is 6.20 Å². The standard InChI is InChI=1S/C5H5ClN2O2S.C2H6/c6-3-1-8(2-4(9)10)5(7)11-3;1-2/h1,7H,2H2,(H,9,10);1-2H3. The van der Waals surface area contributed by atoms with Crippen LogP contribution in [-0.4, -0.2) is 15.6 Å². The number of carboxylic acid groups (broad SMARTS) is 1. The molecule has 0 saturated heterocycles. The van der Waals surface area contributed by atoms with Crippen molar-refractivity contribution >= 4 is 28.9 Å². The Morgan fingerprint density at radius 3 is 2.62 bits per heavy atom. The minimum Gasteiger partial charge on any atom is -0.480 e. The molecule has 0 aliphatic carbocycles. The Hall–Kier alpha value is -0.810. The van der Waals surface area contributed by atoms with E-state index in [1.807, 2.05) is 13.8 Å². The first-order valence-corrected chi connectivity index (χ1v) is 4.91. The molecule has 74 valence electrons. The highest BCUT2D eigenvalue weighted by Gasteiger charge is 2.02. The third-order valence-electron chi connectivity index (χ3n) is 1.02. The van der Waals surface area contributed by atoms with Gasteiger partial charge in [0.15, 0.2) is 4.80 Å². The highest BCUT2D eigenvalue weighted by molar-refractivity contribution is 7.13. The van der Waals surface area contributed by atoms with Gasteiger partial charge in [0.05, 0.1) is 0 Å². The Labute approximate surface area is 84.9 Å². The summed E-state index contributed by atoms with van der Waals surface area (Å²) in [5, 5.41) is 15.6. The lowest BCUT2D eigenvalue weighted by atomic mass is 10.6. The molecule has 0 saturated carbocycles. The van der Waals surface area contributed by atoms with Crippen LogP contribution in [0.1, 0.15) is 13.8 Å². The molecule has 1 aromatic heterocycles. The van der Waals surface area contributed by atoms with Gasteiger partial charge in [-0.25, -0.2) is 0 Å². The second-order valence-electron chi connectivity index (χ2n) is 1.86. The van der Waals surface area contributed by atoms with Crippen molar-refractivity contribution in [3.63, 3.8) is 0 Å². The Morgan fingerprint density at radius 1 is 1.77 bits per heavy atom. The predicted molar refractivity (Wildman–Crippen MR) is 52.2 cm³/mol. The van der Waals surface area contributed by atoms with E-state index in [9.17, 15) is 4.79 Å². The third-order valence-corrected chi connectivity index (χ3v) is 2.08.